The fourth-order valence-electron chi connectivity index (χ4n) is 2.70. The molecule has 3 aromatic rings. The smallest absolute Gasteiger partial charge is 0.321 e. The zero-order valence-electron chi connectivity index (χ0n) is 17.7. The van der Waals surface area contributed by atoms with E-state index in [0.29, 0.717) is 18.0 Å². The van der Waals surface area contributed by atoms with Crippen molar-refractivity contribution in [1.29, 1.82) is 0 Å². The predicted molar refractivity (Wildman–Crippen MR) is 114 cm³/mol. The molecule has 168 valence electrons. The first-order valence-corrected chi connectivity index (χ1v) is 11.1. The van der Waals surface area contributed by atoms with Crippen molar-refractivity contribution < 1.29 is 22.5 Å². The van der Waals surface area contributed by atoms with E-state index in [1.807, 2.05) is 6.92 Å². The Hall–Kier alpha value is -3.80. The van der Waals surface area contributed by atoms with Gasteiger partial charge < -0.3 is 14.4 Å². The van der Waals surface area contributed by atoms with Crippen molar-refractivity contribution in [2.45, 2.75) is 32.2 Å². The molecular weight excluding hydrogens is 436 g/mol. The summed E-state index contributed by atoms with van der Waals surface area (Å²) in [5.74, 6) is -0.0669. The maximum atomic E-state index is 12.9. The van der Waals surface area contributed by atoms with Gasteiger partial charge in [0.1, 0.15) is 12.0 Å². The molecule has 2 N–H and O–H groups in total. The van der Waals surface area contributed by atoms with Crippen molar-refractivity contribution in [1.82, 2.24) is 25.3 Å². The van der Waals surface area contributed by atoms with E-state index in [0.717, 1.165) is 5.56 Å². The van der Waals surface area contributed by atoms with Gasteiger partial charge in [0.15, 0.2) is 0 Å². The molecule has 0 radical (unpaired) electrons. The number of carbonyl (C=O) groups is 2. The number of aromatic nitrogens is 3. The second kappa shape index (κ2) is 9.56. The van der Waals surface area contributed by atoms with Crippen molar-refractivity contribution in [2.75, 3.05) is 6.54 Å². The van der Waals surface area contributed by atoms with Gasteiger partial charge in [0.05, 0.1) is 4.90 Å². The molecule has 3 rings (SSSR count). The molecule has 0 unspecified atom stereocenters. The molecule has 2 heterocycles. The number of rotatable bonds is 6. The number of imide groups is 1. The van der Waals surface area contributed by atoms with Crippen LogP contribution in [0.3, 0.4) is 0 Å². The Morgan fingerprint density at radius 1 is 1.16 bits per heavy atom. The van der Waals surface area contributed by atoms with Crippen LogP contribution in [0.1, 0.15) is 18.4 Å². The Bertz CT molecular complexity index is 1310. The Labute approximate surface area is 184 Å². The van der Waals surface area contributed by atoms with Crippen molar-refractivity contribution in [3.63, 3.8) is 0 Å². The topological polar surface area (TPSA) is 149 Å². The molecule has 0 saturated heterocycles. The maximum absolute atomic E-state index is 12.9. The number of hydrogen-bond donors (Lipinski definition) is 2. The minimum atomic E-state index is -4.08. The summed E-state index contributed by atoms with van der Waals surface area (Å²) in [6, 6.07) is 8.59. The lowest BCUT2D eigenvalue weighted by Crippen LogP contribution is -2.42. The van der Waals surface area contributed by atoms with E-state index in [4.69, 9.17) is 4.52 Å². The molecule has 0 spiro atoms. The lowest BCUT2D eigenvalue weighted by molar-refractivity contribution is -0.120. The molecule has 32 heavy (non-hydrogen) atoms. The molecule has 2 aromatic heterocycles. The predicted octanol–water partition coefficient (Wildman–Crippen LogP) is 1.29. The molecule has 3 amide bonds. The van der Waals surface area contributed by atoms with Crippen molar-refractivity contribution in [3.8, 4) is 11.4 Å². The Morgan fingerprint density at radius 2 is 1.88 bits per heavy atom. The molecule has 0 atom stereocenters. The first-order valence-electron chi connectivity index (χ1n) is 9.64. The van der Waals surface area contributed by atoms with Gasteiger partial charge in [-0.25, -0.2) is 4.79 Å². The lowest BCUT2D eigenvalue weighted by Gasteiger charge is -2.09. The van der Waals surface area contributed by atoms with Crippen LogP contribution in [-0.2, 0) is 21.4 Å². The highest BCUT2D eigenvalue weighted by Crippen LogP contribution is 2.15. The van der Waals surface area contributed by atoms with Crippen molar-refractivity contribution in [2.24, 2.45) is 4.40 Å². The zero-order valence-corrected chi connectivity index (χ0v) is 18.5. The van der Waals surface area contributed by atoms with E-state index >= 15 is 0 Å². The molecule has 1 aromatic carbocycles. The average molecular weight is 459 g/mol. The van der Waals surface area contributed by atoms with Crippen LogP contribution in [-0.4, -0.2) is 41.6 Å². The standard InChI is InChI=1S/C20H22N6O5S/c1-4-21-20(28)23-18(27)12-26-10-9-15(19-22-14(3)31-24-19)11-17(26)25-32(29,30)16-7-5-13(2)6-8-16/h5-11H,4,12H2,1-3H3,(H2,21,23,27,28)/b25-17+. The fourth-order valence-corrected chi connectivity index (χ4v) is 3.69. The highest BCUT2D eigenvalue weighted by atomic mass is 32.2. The highest BCUT2D eigenvalue weighted by molar-refractivity contribution is 7.90. The summed E-state index contributed by atoms with van der Waals surface area (Å²) in [6.07, 6.45) is 1.46. The van der Waals surface area contributed by atoms with Gasteiger partial charge in [0.25, 0.3) is 10.0 Å². The molecule has 0 aliphatic rings. The van der Waals surface area contributed by atoms with Gasteiger partial charge in [-0.2, -0.15) is 13.4 Å². The zero-order chi connectivity index (χ0) is 23.3. The Kier molecular flexibility index (Phi) is 6.83. The third-order valence-corrected chi connectivity index (χ3v) is 5.53. The fraction of sp³-hybridized carbons (Fsp3) is 0.250. The number of hydrogen-bond acceptors (Lipinski definition) is 7. The number of urea groups is 1. The maximum Gasteiger partial charge on any atom is 0.321 e. The number of pyridine rings is 1. The van der Waals surface area contributed by atoms with E-state index < -0.39 is 22.0 Å². The minimum absolute atomic E-state index is 0.00207. The molecular formula is C20H22N6O5S. The van der Waals surface area contributed by atoms with E-state index in [2.05, 4.69) is 25.2 Å². The van der Waals surface area contributed by atoms with E-state index in [9.17, 15) is 18.0 Å². The summed E-state index contributed by atoms with van der Waals surface area (Å²) in [4.78, 5) is 28.0. The van der Waals surface area contributed by atoms with Gasteiger partial charge in [-0.3, -0.25) is 10.1 Å². The number of benzene rings is 1. The van der Waals surface area contributed by atoms with E-state index in [-0.39, 0.29) is 22.8 Å². The summed E-state index contributed by atoms with van der Waals surface area (Å²) in [7, 11) is -4.08. The Morgan fingerprint density at radius 3 is 2.50 bits per heavy atom. The average Bonchev–Trinajstić information content (AvgIpc) is 3.16. The summed E-state index contributed by atoms with van der Waals surface area (Å²) < 4.78 is 35.9. The summed E-state index contributed by atoms with van der Waals surface area (Å²) in [5.41, 5.74) is 1.30. The summed E-state index contributed by atoms with van der Waals surface area (Å²) >= 11 is 0. The van der Waals surface area contributed by atoms with Crippen LogP contribution in [0.2, 0.25) is 0 Å². The molecule has 11 nitrogen and oxygen atoms in total. The number of carbonyl (C=O) groups excluding carboxylic acids is 2. The van der Waals surface area contributed by atoms with Crippen LogP contribution < -0.4 is 16.1 Å². The molecule has 0 aliphatic carbocycles. The van der Waals surface area contributed by atoms with Gasteiger partial charge in [-0.15, -0.1) is 4.40 Å². The van der Waals surface area contributed by atoms with Crippen LogP contribution in [0.4, 0.5) is 4.79 Å². The highest BCUT2D eigenvalue weighted by Gasteiger charge is 2.15. The normalized spacial score (nSPS) is 11.9. The van der Waals surface area contributed by atoms with E-state index in [1.54, 1.807) is 32.0 Å². The van der Waals surface area contributed by atoms with Gasteiger partial charge in [-0.05, 0) is 38.1 Å². The van der Waals surface area contributed by atoms with Crippen molar-refractivity contribution in [3.05, 3.63) is 59.5 Å². The molecule has 0 saturated carbocycles. The molecule has 12 heteroatoms. The first-order chi connectivity index (χ1) is 15.2. The lowest BCUT2D eigenvalue weighted by atomic mass is 10.2. The van der Waals surface area contributed by atoms with Crippen LogP contribution in [0.15, 0.2) is 56.4 Å². The summed E-state index contributed by atoms with van der Waals surface area (Å²) in [5, 5.41) is 8.44. The number of nitrogens with one attached hydrogen (secondary N) is 2. The van der Waals surface area contributed by atoms with Crippen LogP contribution in [0, 0.1) is 13.8 Å². The van der Waals surface area contributed by atoms with E-state index in [1.165, 1.54) is 29.0 Å². The SMILES string of the molecule is CCNC(=O)NC(=O)Cn1ccc(-c2noc(C)n2)c/c1=N\S(=O)(=O)c1ccc(C)cc1. The second-order valence-corrected chi connectivity index (χ2v) is 8.43. The minimum Gasteiger partial charge on any atom is -0.339 e. The van der Waals surface area contributed by atoms with Crippen LogP contribution >= 0.6 is 0 Å². The quantitative estimate of drug-likeness (QED) is 0.565. The Balaban J connectivity index is 2.05. The largest absolute Gasteiger partial charge is 0.339 e. The van der Waals surface area contributed by atoms with Crippen molar-refractivity contribution >= 4 is 22.0 Å². The van der Waals surface area contributed by atoms with Gasteiger partial charge in [0.2, 0.25) is 17.6 Å². The third kappa shape index (κ3) is 5.66. The molecule has 0 bridgehead atoms. The number of nitrogens with zero attached hydrogens (tertiary/aromatic N) is 4. The molecule has 0 aliphatic heterocycles. The molecule has 0 fully saturated rings. The van der Waals surface area contributed by atoms with Crippen LogP contribution in [0.5, 0.6) is 0 Å². The number of amides is 3. The van der Waals surface area contributed by atoms with Crippen LogP contribution in [0.25, 0.3) is 11.4 Å². The summed E-state index contributed by atoms with van der Waals surface area (Å²) in [6.45, 7) is 5.18. The second-order valence-electron chi connectivity index (χ2n) is 6.83. The number of aryl methyl sites for hydroxylation is 2. The monoisotopic (exact) mass is 458 g/mol. The number of sulfonamides is 1. The van der Waals surface area contributed by atoms with Gasteiger partial charge >= 0.3 is 6.03 Å². The first kappa shape index (κ1) is 22.9. The van der Waals surface area contributed by atoms with Gasteiger partial charge in [-0.1, -0.05) is 22.9 Å². The van der Waals surface area contributed by atoms with Gasteiger partial charge in [0, 0.05) is 25.2 Å². The third-order valence-electron chi connectivity index (χ3n) is 4.24.